The number of rotatable bonds is 4. The van der Waals surface area contributed by atoms with E-state index in [1.807, 2.05) is 13.8 Å². The molecule has 3 nitrogen and oxygen atoms in total. The molecule has 0 heterocycles. The first-order chi connectivity index (χ1) is 4.87. The molecule has 0 aromatic heterocycles. The molecule has 0 aliphatic heterocycles. The van der Waals surface area contributed by atoms with Crippen molar-refractivity contribution in [2.24, 2.45) is 11.1 Å². The van der Waals surface area contributed by atoms with Gasteiger partial charge < -0.3 is 5.11 Å². The highest BCUT2D eigenvalue weighted by Gasteiger charge is 2.37. The highest BCUT2D eigenvalue weighted by molar-refractivity contribution is 4.84. The third-order valence-corrected chi connectivity index (χ3v) is 2.29. The summed E-state index contributed by atoms with van der Waals surface area (Å²) in [5.74, 6) is -1.26. The zero-order valence-corrected chi connectivity index (χ0v) is 7.94. The van der Waals surface area contributed by atoms with Gasteiger partial charge >= 0.3 is 0 Å². The summed E-state index contributed by atoms with van der Waals surface area (Å²) < 4.78 is 0. The maximum absolute atomic E-state index is 9.65. The van der Waals surface area contributed by atoms with Crippen molar-refractivity contribution < 1.29 is 5.11 Å². The van der Waals surface area contributed by atoms with Crippen LogP contribution >= 0.6 is 0 Å². The lowest BCUT2D eigenvalue weighted by molar-refractivity contribution is -0.0889. The minimum atomic E-state index is -1.26. The van der Waals surface area contributed by atoms with Gasteiger partial charge in [0.15, 0.2) is 5.85 Å². The molecule has 0 bridgehead atoms. The lowest BCUT2D eigenvalue weighted by Gasteiger charge is -2.39. The lowest BCUT2D eigenvalue weighted by Crippen LogP contribution is -2.61. The Bertz CT molecular complexity index is 121. The zero-order valence-electron chi connectivity index (χ0n) is 7.94. The van der Waals surface area contributed by atoms with E-state index in [4.69, 9.17) is 5.73 Å². The molecule has 0 spiro atoms. The lowest BCUT2D eigenvalue weighted by atomic mass is 9.82. The summed E-state index contributed by atoms with van der Waals surface area (Å²) in [4.78, 5) is 0. The van der Waals surface area contributed by atoms with Crippen molar-refractivity contribution in [1.82, 2.24) is 5.32 Å². The average Bonchev–Trinajstić information content (AvgIpc) is 1.87. The number of nitrogens with two attached hydrogens (primary N) is 1. The minimum absolute atomic E-state index is 0.281. The summed E-state index contributed by atoms with van der Waals surface area (Å²) in [6.07, 6.45) is 1.93. The van der Waals surface area contributed by atoms with E-state index >= 15 is 0 Å². The molecule has 0 saturated heterocycles. The molecule has 0 saturated carbocycles. The van der Waals surface area contributed by atoms with E-state index in [9.17, 15) is 5.11 Å². The number of nitrogens with one attached hydrogen (secondary N) is 1. The zero-order chi connectivity index (χ0) is 9.12. The summed E-state index contributed by atoms with van der Waals surface area (Å²) in [5.41, 5.74) is 5.34. The van der Waals surface area contributed by atoms with Crippen LogP contribution in [0.3, 0.4) is 0 Å². The van der Waals surface area contributed by atoms with E-state index in [0.29, 0.717) is 0 Å². The quantitative estimate of drug-likeness (QED) is 0.529. The normalized spacial score (nSPS) is 18.0. The van der Waals surface area contributed by atoms with Gasteiger partial charge in [-0.15, -0.1) is 0 Å². The standard InChI is InChI=1S/C8H20N2O/c1-5-6-7(2,3)8(9,11)10-4/h10-11H,5-6,9H2,1-4H3. The fourth-order valence-electron chi connectivity index (χ4n) is 1.15. The predicted octanol–water partition coefficient (Wildman–Crippen LogP) is 0.637. The van der Waals surface area contributed by atoms with Gasteiger partial charge in [-0.2, -0.15) is 0 Å². The molecule has 0 aliphatic carbocycles. The van der Waals surface area contributed by atoms with Crippen molar-refractivity contribution >= 4 is 0 Å². The Morgan fingerprint density at radius 3 is 2.18 bits per heavy atom. The molecule has 0 fully saturated rings. The van der Waals surface area contributed by atoms with Crippen molar-refractivity contribution in [3.8, 4) is 0 Å². The van der Waals surface area contributed by atoms with Gasteiger partial charge in [0, 0.05) is 5.41 Å². The van der Waals surface area contributed by atoms with Crippen molar-refractivity contribution in [2.75, 3.05) is 7.05 Å². The van der Waals surface area contributed by atoms with E-state index < -0.39 is 5.85 Å². The molecule has 68 valence electrons. The Morgan fingerprint density at radius 1 is 1.45 bits per heavy atom. The van der Waals surface area contributed by atoms with Gasteiger partial charge in [0.25, 0.3) is 0 Å². The van der Waals surface area contributed by atoms with Crippen molar-refractivity contribution in [1.29, 1.82) is 0 Å². The van der Waals surface area contributed by atoms with Crippen LogP contribution in [0.2, 0.25) is 0 Å². The Kier molecular flexibility index (Phi) is 3.48. The molecule has 0 radical (unpaired) electrons. The molecule has 0 aliphatic rings. The van der Waals surface area contributed by atoms with Crippen LogP contribution in [0.15, 0.2) is 0 Å². The van der Waals surface area contributed by atoms with Crippen LogP contribution in [0.4, 0.5) is 0 Å². The topological polar surface area (TPSA) is 58.3 Å². The number of hydrogen-bond donors (Lipinski definition) is 3. The van der Waals surface area contributed by atoms with E-state index in [1.54, 1.807) is 7.05 Å². The second-order valence-electron chi connectivity index (χ2n) is 3.65. The Balaban J connectivity index is 4.26. The molecule has 11 heavy (non-hydrogen) atoms. The highest BCUT2D eigenvalue weighted by Crippen LogP contribution is 2.29. The average molecular weight is 160 g/mol. The fraction of sp³-hybridized carbons (Fsp3) is 1.00. The first-order valence-corrected chi connectivity index (χ1v) is 4.07. The van der Waals surface area contributed by atoms with Crippen LogP contribution in [0, 0.1) is 5.41 Å². The maximum atomic E-state index is 9.65. The smallest absolute Gasteiger partial charge is 0.174 e. The van der Waals surface area contributed by atoms with Gasteiger partial charge in [0.05, 0.1) is 0 Å². The Hall–Kier alpha value is -0.120. The fourth-order valence-corrected chi connectivity index (χ4v) is 1.15. The largest absolute Gasteiger partial charge is 0.363 e. The molecular weight excluding hydrogens is 140 g/mol. The molecule has 0 amide bonds. The van der Waals surface area contributed by atoms with E-state index in [1.165, 1.54) is 0 Å². The van der Waals surface area contributed by atoms with Crippen LogP contribution in [0.25, 0.3) is 0 Å². The first kappa shape index (κ1) is 10.9. The molecule has 0 aromatic rings. The number of aliphatic hydroxyl groups is 1. The summed E-state index contributed by atoms with van der Waals surface area (Å²) in [7, 11) is 1.66. The second kappa shape index (κ2) is 3.52. The SMILES string of the molecule is CCCC(C)(C)C(N)(O)NC. The molecule has 1 atom stereocenters. The summed E-state index contributed by atoms with van der Waals surface area (Å²) >= 11 is 0. The number of hydrogen-bond acceptors (Lipinski definition) is 3. The molecule has 3 heteroatoms. The molecule has 0 aromatic carbocycles. The summed E-state index contributed by atoms with van der Waals surface area (Å²) in [6, 6.07) is 0. The third-order valence-electron chi connectivity index (χ3n) is 2.29. The van der Waals surface area contributed by atoms with Crippen LogP contribution < -0.4 is 11.1 Å². The Morgan fingerprint density at radius 2 is 1.91 bits per heavy atom. The minimum Gasteiger partial charge on any atom is -0.363 e. The molecule has 4 N–H and O–H groups in total. The van der Waals surface area contributed by atoms with Gasteiger partial charge in [-0.05, 0) is 13.5 Å². The highest BCUT2D eigenvalue weighted by atomic mass is 16.3. The maximum Gasteiger partial charge on any atom is 0.174 e. The predicted molar refractivity (Wildman–Crippen MR) is 46.9 cm³/mol. The molecule has 0 rings (SSSR count). The van der Waals surface area contributed by atoms with Gasteiger partial charge in [-0.25, -0.2) is 0 Å². The van der Waals surface area contributed by atoms with Crippen LogP contribution in [0.5, 0.6) is 0 Å². The van der Waals surface area contributed by atoms with Gasteiger partial charge in [-0.1, -0.05) is 27.2 Å². The van der Waals surface area contributed by atoms with Gasteiger partial charge in [0.2, 0.25) is 0 Å². The van der Waals surface area contributed by atoms with Crippen LogP contribution in [-0.4, -0.2) is 18.0 Å². The van der Waals surface area contributed by atoms with Crippen LogP contribution in [0.1, 0.15) is 33.6 Å². The first-order valence-electron chi connectivity index (χ1n) is 4.07. The van der Waals surface area contributed by atoms with Crippen LogP contribution in [-0.2, 0) is 0 Å². The second-order valence-corrected chi connectivity index (χ2v) is 3.65. The summed E-state index contributed by atoms with van der Waals surface area (Å²) in [5, 5.41) is 12.3. The summed E-state index contributed by atoms with van der Waals surface area (Å²) in [6.45, 7) is 5.98. The monoisotopic (exact) mass is 160 g/mol. The van der Waals surface area contributed by atoms with E-state index in [0.717, 1.165) is 12.8 Å². The van der Waals surface area contributed by atoms with Gasteiger partial charge in [-0.3, -0.25) is 11.1 Å². The van der Waals surface area contributed by atoms with E-state index in [2.05, 4.69) is 12.2 Å². The van der Waals surface area contributed by atoms with E-state index in [-0.39, 0.29) is 5.41 Å². The van der Waals surface area contributed by atoms with Crippen molar-refractivity contribution in [2.45, 2.75) is 39.5 Å². The van der Waals surface area contributed by atoms with Gasteiger partial charge in [0.1, 0.15) is 0 Å². The molecular formula is C8H20N2O. The Labute approximate surface area is 69.0 Å². The molecule has 1 unspecified atom stereocenters. The third kappa shape index (κ3) is 2.43. The van der Waals surface area contributed by atoms with Crippen molar-refractivity contribution in [3.05, 3.63) is 0 Å². The van der Waals surface area contributed by atoms with Crippen molar-refractivity contribution in [3.63, 3.8) is 0 Å².